The van der Waals surface area contributed by atoms with Gasteiger partial charge in [0.05, 0.1) is 18.6 Å². The lowest BCUT2D eigenvalue weighted by molar-refractivity contribution is -0.125. The van der Waals surface area contributed by atoms with Gasteiger partial charge < -0.3 is 15.4 Å². The van der Waals surface area contributed by atoms with Gasteiger partial charge in [-0.05, 0) is 36.8 Å². The van der Waals surface area contributed by atoms with Crippen molar-refractivity contribution in [2.45, 2.75) is 31.7 Å². The lowest BCUT2D eigenvalue weighted by Gasteiger charge is -2.20. The molecule has 1 aliphatic carbocycles. The highest BCUT2D eigenvalue weighted by Gasteiger charge is 2.34. The lowest BCUT2D eigenvalue weighted by atomic mass is 10.0. The molecule has 1 saturated carbocycles. The second-order valence-corrected chi connectivity index (χ2v) is 7.36. The predicted octanol–water partition coefficient (Wildman–Crippen LogP) is 2.41. The molecule has 0 radical (unpaired) electrons. The van der Waals surface area contributed by atoms with E-state index in [1.54, 1.807) is 23.5 Å². The summed E-state index contributed by atoms with van der Waals surface area (Å²) in [5.74, 6) is 0.111. The zero-order chi connectivity index (χ0) is 18.4. The number of amides is 2. The van der Waals surface area contributed by atoms with E-state index in [0.717, 1.165) is 25.7 Å². The summed E-state index contributed by atoms with van der Waals surface area (Å²) in [7, 11) is 1.53. The van der Waals surface area contributed by atoms with Crippen LogP contribution in [0.5, 0.6) is 5.88 Å². The fraction of sp³-hybridized carbons (Fsp3) is 0.421. The first-order valence-corrected chi connectivity index (χ1v) is 9.66. The Kier molecular flexibility index (Phi) is 6.22. The minimum atomic E-state index is -0.205. The summed E-state index contributed by atoms with van der Waals surface area (Å²) < 4.78 is 5.00. The Morgan fingerprint density at radius 3 is 2.88 bits per heavy atom. The van der Waals surface area contributed by atoms with Gasteiger partial charge >= 0.3 is 0 Å². The number of hydrogen-bond acceptors (Lipinski definition) is 5. The lowest BCUT2D eigenvalue weighted by Crippen LogP contribution is -2.44. The summed E-state index contributed by atoms with van der Waals surface area (Å²) in [6.07, 6.45) is 4.88. The monoisotopic (exact) mass is 373 g/mol. The number of carbonyl (C=O) groups is 2. The van der Waals surface area contributed by atoms with Crippen LogP contribution in [0.3, 0.4) is 0 Å². The molecule has 0 aromatic carbocycles. The highest BCUT2D eigenvalue weighted by atomic mass is 32.1. The van der Waals surface area contributed by atoms with E-state index in [9.17, 15) is 9.59 Å². The molecular formula is C19H23N3O3S. The van der Waals surface area contributed by atoms with Crippen LogP contribution in [-0.2, 0) is 11.2 Å². The van der Waals surface area contributed by atoms with Gasteiger partial charge in [0.15, 0.2) is 0 Å². The highest BCUT2D eigenvalue weighted by Crippen LogP contribution is 2.26. The molecule has 138 valence electrons. The van der Waals surface area contributed by atoms with Crippen LogP contribution in [0, 0.1) is 5.92 Å². The minimum absolute atomic E-state index is 0.0252. The Hall–Kier alpha value is -2.41. The molecule has 3 rings (SSSR count). The Bertz CT molecular complexity index is 731. The number of pyridine rings is 1. The average Bonchev–Trinajstić information content (AvgIpc) is 3.33. The molecule has 0 bridgehead atoms. The summed E-state index contributed by atoms with van der Waals surface area (Å²) in [4.78, 5) is 30.2. The first kappa shape index (κ1) is 18.4. The molecule has 0 aliphatic heterocycles. The number of aromatic nitrogens is 1. The molecule has 2 N–H and O–H groups in total. The molecule has 7 heteroatoms. The number of hydrogen-bond donors (Lipinski definition) is 2. The number of ether oxygens (including phenoxy) is 1. The van der Waals surface area contributed by atoms with Crippen molar-refractivity contribution in [3.63, 3.8) is 0 Å². The SMILES string of the molecule is COc1ccc(C(=O)N[C@@H]2CCC[C@@H]2C(=O)NCCc2cccs2)cn1. The molecule has 2 amide bonds. The van der Waals surface area contributed by atoms with Crippen LogP contribution < -0.4 is 15.4 Å². The third kappa shape index (κ3) is 4.60. The maximum Gasteiger partial charge on any atom is 0.253 e. The standard InChI is InChI=1S/C19H23N3O3S/c1-25-17-8-7-13(12-21-17)18(23)22-16-6-2-5-15(16)19(24)20-10-9-14-4-3-11-26-14/h3-4,7-8,11-12,15-16H,2,5-6,9-10H2,1H3,(H,20,24)(H,22,23)/t15-,16+/m0/s1. The van der Waals surface area contributed by atoms with Crippen LogP contribution >= 0.6 is 11.3 Å². The zero-order valence-corrected chi connectivity index (χ0v) is 15.6. The predicted molar refractivity (Wildman–Crippen MR) is 100 cm³/mol. The topological polar surface area (TPSA) is 80.3 Å². The van der Waals surface area contributed by atoms with Gasteiger partial charge in [0.25, 0.3) is 5.91 Å². The molecule has 1 fully saturated rings. The number of rotatable bonds is 7. The smallest absolute Gasteiger partial charge is 0.253 e. The van der Waals surface area contributed by atoms with E-state index in [0.29, 0.717) is 18.0 Å². The molecule has 2 heterocycles. The van der Waals surface area contributed by atoms with Gasteiger partial charge in [0.2, 0.25) is 11.8 Å². The van der Waals surface area contributed by atoms with E-state index < -0.39 is 0 Å². The Labute approximate surface area is 157 Å². The van der Waals surface area contributed by atoms with Gasteiger partial charge in [-0.3, -0.25) is 9.59 Å². The van der Waals surface area contributed by atoms with E-state index in [4.69, 9.17) is 4.74 Å². The fourth-order valence-corrected chi connectivity index (χ4v) is 3.94. The normalized spacial score (nSPS) is 19.1. The van der Waals surface area contributed by atoms with Crippen molar-refractivity contribution in [2.24, 2.45) is 5.92 Å². The van der Waals surface area contributed by atoms with Crippen molar-refractivity contribution in [2.75, 3.05) is 13.7 Å². The quantitative estimate of drug-likeness (QED) is 0.781. The van der Waals surface area contributed by atoms with Crippen LogP contribution in [0.2, 0.25) is 0 Å². The zero-order valence-electron chi connectivity index (χ0n) is 14.7. The molecule has 2 aromatic heterocycles. The van der Waals surface area contributed by atoms with Crippen molar-refractivity contribution in [3.8, 4) is 5.88 Å². The van der Waals surface area contributed by atoms with E-state index in [-0.39, 0.29) is 23.8 Å². The van der Waals surface area contributed by atoms with Crippen molar-refractivity contribution >= 4 is 23.2 Å². The summed E-state index contributed by atoms with van der Waals surface area (Å²) in [5, 5.41) is 8.03. The summed E-state index contributed by atoms with van der Waals surface area (Å²) in [5.41, 5.74) is 0.467. The highest BCUT2D eigenvalue weighted by molar-refractivity contribution is 7.09. The summed E-state index contributed by atoms with van der Waals surface area (Å²) in [6, 6.07) is 7.27. The molecule has 1 aliphatic rings. The Morgan fingerprint density at radius 1 is 1.31 bits per heavy atom. The third-order valence-corrected chi connectivity index (χ3v) is 5.56. The van der Waals surface area contributed by atoms with Crippen molar-refractivity contribution in [3.05, 3.63) is 46.3 Å². The van der Waals surface area contributed by atoms with Crippen LogP contribution in [-0.4, -0.2) is 36.5 Å². The number of thiophene rings is 1. The van der Waals surface area contributed by atoms with Crippen molar-refractivity contribution < 1.29 is 14.3 Å². The van der Waals surface area contributed by atoms with Gasteiger partial charge in [0, 0.05) is 29.7 Å². The van der Waals surface area contributed by atoms with Gasteiger partial charge in [-0.15, -0.1) is 11.3 Å². The minimum Gasteiger partial charge on any atom is -0.481 e. The maximum absolute atomic E-state index is 12.5. The number of methoxy groups -OCH3 is 1. The summed E-state index contributed by atoms with van der Waals surface area (Å²) >= 11 is 1.69. The second-order valence-electron chi connectivity index (χ2n) is 6.33. The second kappa shape index (κ2) is 8.80. The fourth-order valence-electron chi connectivity index (χ4n) is 3.23. The Balaban J connectivity index is 1.51. The van der Waals surface area contributed by atoms with E-state index >= 15 is 0 Å². The van der Waals surface area contributed by atoms with Gasteiger partial charge in [-0.1, -0.05) is 12.5 Å². The molecular weight excluding hydrogens is 350 g/mol. The van der Waals surface area contributed by atoms with E-state index in [2.05, 4.69) is 21.7 Å². The third-order valence-electron chi connectivity index (χ3n) is 4.63. The number of nitrogens with one attached hydrogen (secondary N) is 2. The first-order valence-electron chi connectivity index (χ1n) is 8.78. The van der Waals surface area contributed by atoms with Crippen molar-refractivity contribution in [1.82, 2.24) is 15.6 Å². The number of carbonyl (C=O) groups excluding carboxylic acids is 2. The molecule has 0 spiro atoms. The van der Waals surface area contributed by atoms with Gasteiger partial charge in [-0.25, -0.2) is 4.98 Å². The first-order chi connectivity index (χ1) is 12.7. The van der Waals surface area contributed by atoms with E-state index in [1.165, 1.54) is 18.2 Å². The Morgan fingerprint density at radius 2 is 2.19 bits per heavy atom. The molecule has 2 aromatic rings. The summed E-state index contributed by atoms with van der Waals surface area (Å²) in [6.45, 7) is 0.624. The van der Waals surface area contributed by atoms with Crippen LogP contribution in [0.4, 0.5) is 0 Å². The average molecular weight is 373 g/mol. The molecule has 26 heavy (non-hydrogen) atoms. The molecule has 6 nitrogen and oxygen atoms in total. The van der Waals surface area contributed by atoms with Crippen molar-refractivity contribution in [1.29, 1.82) is 0 Å². The van der Waals surface area contributed by atoms with E-state index in [1.807, 2.05) is 11.4 Å². The van der Waals surface area contributed by atoms with Crippen LogP contribution in [0.15, 0.2) is 35.8 Å². The number of nitrogens with zero attached hydrogens (tertiary/aromatic N) is 1. The maximum atomic E-state index is 12.5. The largest absolute Gasteiger partial charge is 0.481 e. The molecule has 0 unspecified atom stereocenters. The van der Waals surface area contributed by atoms with Crippen LogP contribution in [0.1, 0.15) is 34.5 Å². The van der Waals surface area contributed by atoms with Crippen LogP contribution in [0.25, 0.3) is 0 Å². The molecule has 2 atom stereocenters. The van der Waals surface area contributed by atoms with Gasteiger partial charge in [0.1, 0.15) is 0 Å². The van der Waals surface area contributed by atoms with Gasteiger partial charge in [-0.2, -0.15) is 0 Å². The molecule has 0 saturated heterocycles.